The standard InChI is InChI=1S/C12H23N3/c1-6-11(7-2)13-8-12-14-9(3)10(4)15(12)5/h11,13H,6-8H2,1-5H3. The largest absolute Gasteiger partial charge is 0.334 e. The van der Waals surface area contributed by atoms with Crippen LogP contribution in [0.3, 0.4) is 0 Å². The van der Waals surface area contributed by atoms with Crippen molar-refractivity contribution in [2.45, 2.75) is 53.1 Å². The summed E-state index contributed by atoms with van der Waals surface area (Å²) in [6.45, 7) is 9.49. The molecule has 0 atom stereocenters. The molecule has 1 N–H and O–H groups in total. The van der Waals surface area contributed by atoms with Crippen molar-refractivity contribution >= 4 is 0 Å². The van der Waals surface area contributed by atoms with E-state index in [-0.39, 0.29) is 0 Å². The van der Waals surface area contributed by atoms with Crippen molar-refractivity contribution in [3.63, 3.8) is 0 Å². The molecule has 1 aromatic rings. The van der Waals surface area contributed by atoms with Crippen molar-refractivity contribution in [2.24, 2.45) is 7.05 Å². The van der Waals surface area contributed by atoms with Gasteiger partial charge >= 0.3 is 0 Å². The fourth-order valence-electron chi connectivity index (χ4n) is 1.76. The average molecular weight is 209 g/mol. The molecular weight excluding hydrogens is 186 g/mol. The summed E-state index contributed by atoms with van der Waals surface area (Å²) in [5, 5.41) is 3.53. The SMILES string of the molecule is CCC(CC)NCc1nc(C)c(C)n1C. The van der Waals surface area contributed by atoms with Crippen LogP contribution in [0.25, 0.3) is 0 Å². The minimum Gasteiger partial charge on any atom is -0.334 e. The Bertz CT molecular complexity index is 311. The smallest absolute Gasteiger partial charge is 0.122 e. The highest BCUT2D eigenvalue weighted by molar-refractivity contribution is 5.13. The van der Waals surface area contributed by atoms with Crippen molar-refractivity contribution < 1.29 is 0 Å². The van der Waals surface area contributed by atoms with Crippen molar-refractivity contribution in [3.05, 3.63) is 17.2 Å². The minimum absolute atomic E-state index is 0.613. The van der Waals surface area contributed by atoms with E-state index in [0.29, 0.717) is 6.04 Å². The molecule has 1 rings (SSSR count). The Hall–Kier alpha value is -0.830. The first-order valence-corrected chi connectivity index (χ1v) is 5.82. The van der Waals surface area contributed by atoms with E-state index in [4.69, 9.17) is 0 Å². The van der Waals surface area contributed by atoms with Gasteiger partial charge in [0.2, 0.25) is 0 Å². The Morgan fingerprint density at radius 3 is 2.27 bits per heavy atom. The van der Waals surface area contributed by atoms with E-state index in [1.54, 1.807) is 0 Å². The van der Waals surface area contributed by atoms with Crippen molar-refractivity contribution in [2.75, 3.05) is 0 Å². The first kappa shape index (κ1) is 12.2. The van der Waals surface area contributed by atoms with Crippen LogP contribution >= 0.6 is 0 Å². The van der Waals surface area contributed by atoms with Gasteiger partial charge in [-0.1, -0.05) is 13.8 Å². The fourth-order valence-corrected chi connectivity index (χ4v) is 1.76. The molecule has 1 heterocycles. The molecule has 0 saturated heterocycles. The number of imidazole rings is 1. The van der Waals surface area contributed by atoms with E-state index in [0.717, 1.165) is 18.1 Å². The van der Waals surface area contributed by atoms with Crippen LogP contribution in [0.2, 0.25) is 0 Å². The zero-order chi connectivity index (χ0) is 11.4. The molecular formula is C12H23N3. The highest BCUT2D eigenvalue weighted by atomic mass is 15.1. The van der Waals surface area contributed by atoms with Gasteiger partial charge < -0.3 is 9.88 Å². The van der Waals surface area contributed by atoms with Crippen LogP contribution in [0.5, 0.6) is 0 Å². The summed E-state index contributed by atoms with van der Waals surface area (Å²) in [4.78, 5) is 4.55. The fraction of sp³-hybridized carbons (Fsp3) is 0.750. The van der Waals surface area contributed by atoms with Gasteiger partial charge in [-0.25, -0.2) is 4.98 Å². The lowest BCUT2D eigenvalue weighted by molar-refractivity contribution is 0.471. The number of aryl methyl sites for hydroxylation is 1. The van der Waals surface area contributed by atoms with E-state index >= 15 is 0 Å². The van der Waals surface area contributed by atoms with E-state index in [2.05, 4.69) is 49.6 Å². The lowest BCUT2D eigenvalue weighted by Gasteiger charge is -2.14. The molecule has 3 nitrogen and oxygen atoms in total. The maximum absolute atomic E-state index is 4.55. The molecule has 0 aliphatic heterocycles. The lowest BCUT2D eigenvalue weighted by Crippen LogP contribution is -2.28. The first-order chi connectivity index (χ1) is 7.10. The highest BCUT2D eigenvalue weighted by Gasteiger charge is 2.09. The van der Waals surface area contributed by atoms with Gasteiger partial charge in [-0.15, -0.1) is 0 Å². The Morgan fingerprint density at radius 2 is 1.87 bits per heavy atom. The van der Waals surface area contributed by atoms with Gasteiger partial charge in [0.1, 0.15) is 5.82 Å². The third-order valence-electron chi connectivity index (χ3n) is 3.25. The predicted molar refractivity (Wildman–Crippen MR) is 63.9 cm³/mol. The summed E-state index contributed by atoms with van der Waals surface area (Å²) >= 11 is 0. The van der Waals surface area contributed by atoms with E-state index in [9.17, 15) is 0 Å². The van der Waals surface area contributed by atoms with Gasteiger partial charge in [0.15, 0.2) is 0 Å². The summed E-state index contributed by atoms with van der Waals surface area (Å²) in [5.74, 6) is 1.14. The maximum Gasteiger partial charge on any atom is 0.122 e. The molecule has 0 unspecified atom stereocenters. The van der Waals surface area contributed by atoms with Gasteiger partial charge in [-0.05, 0) is 26.7 Å². The predicted octanol–water partition coefficient (Wildman–Crippen LogP) is 2.32. The second-order valence-electron chi connectivity index (χ2n) is 4.15. The highest BCUT2D eigenvalue weighted by Crippen LogP contribution is 2.08. The van der Waals surface area contributed by atoms with Gasteiger partial charge in [-0.3, -0.25) is 0 Å². The van der Waals surface area contributed by atoms with Gasteiger partial charge in [0.25, 0.3) is 0 Å². The molecule has 0 aliphatic carbocycles. The average Bonchev–Trinajstić information content (AvgIpc) is 2.48. The van der Waals surface area contributed by atoms with Crippen LogP contribution in [0.15, 0.2) is 0 Å². The zero-order valence-electron chi connectivity index (χ0n) is 10.6. The second kappa shape index (κ2) is 5.31. The van der Waals surface area contributed by atoms with Crippen LogP contribution in [0, 0.1) is 13.8 Å². The molecule has 0 bridgehead atoms. The summed E-state index contributed by atoms with van der Waals surface area (Å²) in [6, 6.07) is 0.613. The first-order valence-electron chi connectivity index (χ1n) is 5.82. The Labute approximate surface area is 92.9 Å². The molecule has 1 aromatic heterocycles. The van der Waals surface area contributed by atoms with Crippen molar-refractivity contribution in [3.8, 4) is 0 Å². The van der Waals surface area contributed by atoms with E-state index in [1.807, 2.05) is 0 Å². The Balaban J connectivity index is 2.61. The minimum atomic E-state index is 0.613. The van der Waals surface area contributed by atoms with Gasteiger partial charge in [0, 0.05) is 18.8 Å². The molecule has 0 spiro atoms. The summed E-state index contributed by atoms with van der Waals surface area (Å²) in [6.07, 6.45) is 2.36. The quantitative estimate of drug-likeness (QED) is 0.806. The number of nitrogens with one attached hydrogen (secondary N) is 1. The topological polar surface area (TPSA) is 29.9 Å². The number of aromatic nitrogens is 2. The van der Waals surface area contributed by atoms with Crippen LogP contribution in [-0.4, -0.2) is 15.6 Å². The van der Waals surface area contributed by atoms with Crippen LogP contribution in [0.4, 0.5) is 0 Å². The maximum atomic E-state index is 4.55. The third kappa shape index (κ3) is 2.81. The monoisotopic (exact) mass is 209 g/mol. The number of rotatable bonds is 5. The van der Waals surface area contributed by atoms with Gasteiger partial charge in [-0.2, -0.15) is 0 Å². The zero-order valence-corrected chi connectivity index (χ0v) is 10.6. The Morgan fingerprint density at radius 1 is 1.27 bits per heavy atom. The van der Waals surface area contributed by atoms with E-state index < -0.39 is 0 Å². The molecule has 0 radical (unpaired) electrons. The summed E-state index contributed by atoms with van der Waals surface area (Å²) in [5.41, 5.74) is 2.40. The van der Waals surface area contributed by atoms with Crippen molar-refractivity contribution in [1.29, 1.82) is 0 Å². The summed E-state index contributed by atoms with van der Waals surface area (Å²) in [7, 11) is 2.08. The normalized spacial score (nSPS) is 11.3. The van der Waals surface area contributed by atoms with Crippen molar-refractivity contribution in [1.82, 2.24) is 14.9 Å². The molecule has 0 saturated carbocycles. The lowest BCUT2D eigenvalue weighted by atomic mass is 10.2. The molecule has 0 amide bonds. The number of hydrogen-bond acceptors (Lipinski definition) is 2. The van der Waals surface area contributed by atoms with Gasteiger partial charge in [0.05, 0.1) is 12.2 Å². The molecule has 3 heteroatoms. The summed E-state index contributed by atoms with van der Waals surface area (Å²) < 4.78 is 2.17. The van der Waals surface area contributed by atoms with E-state index in [1.165, 1.54) is 18.5 Å². The molecule has 0 aliphatic rings. The van der Waals surface area contributed by atoms with Crippen LogP contribution < -0.4 is 5.32 Å². The molecule has 0 aromatic carbocycles. The third-order valence-corrected chi connectivity index (χ3v) is 3.25. The molecule has 0 fully saturated rings. The van der Waals surface area contributed by atoms with Crippen LogP contribution in [0.1, 0.15) is 43.9 Å². The molecule has 15 heavy (non-hydrogen) atoms. The second-order valence-corrected chi connectivity index (χ2v) is 4.15. The number of nitrogens with zero attached hydrogens (tertiary/aromatic N) is 2. The number of hydrogen-bond donors (Lipinski definition) is 1. The van der Waals surface area contributed by atoms with Crippen LogP contribution in [-0.2, 0) is 13.6 Å². The molecule has 86 valence electrons. The Kier molecular flexibility index (Phi) is 4.33.